The molecule has 10 nitrogen and oxygen atoms in total. The summed E-state index contributed by atoms with van der Waals surface area (Å²) >= 11 is 0. The fourth-order valence-electron chi connectivity index (χ4n) is 8.19. The molecule has 304 valence electrons. The van der Waals surface area contributed by atoms with Crippen LogP contribution in [0.4, 0.5) is 0 Å². The minimum atomic E-state index is -4.22. The Morgan fingerprint density at radius 1 is 0.583 bits per heavy atom. The van der Waals surface area contributed by atoms with Gasteiger partial charge in [-0.15, -0.1) is 0 Å². The summed E-state index contributed by atoms with van der Waals surface area (Å²) in [6.07, 6.45) is -2.85. The van der Waals surface area contributed by atoms with Crippen LogP contribution in [0.1, 0.15) is 45.2 Å². The standard InChI is InChI=1S/C49H44N2O8S/c1-35-33-51(47(53)50-45(35)52)46-44(58-49(39-27-15-6-16-28-39,40-29-17-7-18-30-40)41-31-19-8-20-32-41)43(59-60(2,54)55)42(57-46)34-56-48(36-21-9-3-10-22-36,37-23-11-4-12-24-37)38-25-13-5-14-26-38/h3-33,42-44,46H,34H2,1-2H3,(H,50,52,53)/t42-,43-,44-,46-/m1/s1. The van der Waals surface area contributed by atoms with Crippen molar-refractivity contribution in [1.29, 1.82) is 0 Å². The summed E-state index contributed by atoms with van der Waals surface area (Å²) in [6.45, 7) is 1.34. The first-order valence-corrected chi connectivity index (χ1v) is 21.4. The zero-order chi connectivity index (χ0) is 41.7. The first-order valence-electron chi connectivity index (χ1n) is 19.6. The molecule has 1 aliphatic rings. The van der Waals surface area contributed by atoms with Crippen LogP contribution in [-0.2, 0) is 39.7 Å². The number of nitrogens with zero attached hydrogens (tertiary/aromatic N) is 1. The Balaban J connectivity index is 1.34. The highest BCUT2D eigenvalue weighted by Gasteiger charge is 2.55. The van der Waals surface area contributed by atoms with Crippen LogP contribution in [0.5, 0.6) is 0 Å². The van der Waals surface area contributed by atoms with Crippen LogP contribution in [0.15, 0.2) is 198 Å². The summed E-state index contributed by atoms with van der Waals surface area (Å²) in [5.74, 6) is 0. The second kappa shape index (κ2) is 17.2. The van der Waals surface area contributed by atoms with E-state index in [4.69, 9.17) is 18.4 Å². The van der Waals surface area contributed by atoms with Crippen molar-refractivity contribution >= 4 is 10.1 Å². The SMILES string of the molecule is Cc1cn([C@@H]2O[C@H](COC(c3ccccc3)(c3ccccc3)c3ccccc3)[C@@H](OS(C)(=O)=O)[C@H]2OC(c2ccccc2)(c2ccccc2)c2ccccc2)c(=O)[nH]c1=O. The molecule has 11 heteroatoms. The highest BCUT2D eigenvalue weighted by molar-refractivity contribution is 7.86. The van der Waals surface area contributed by atoms with Crippen molar-refractivity contribution < 1.29 is 26.8 Å². The van der Waals surface area contributed by atoms with E-state index in [0.717, 1.165) is 39.6 Å². The number of aromatic amines is 1. The van der Waals surface area contributed by atoms with Gasteiger partial charge >= 0.3 is 5.69 Å². The molecule has 1 aromatic heterocycles. The van der Waals surface area contributed by atoms with E-state index in [9.17, 15) is 18.0 Å². The summed E-state index contributed by atoms with van der Waals surface area (Å²) in [5.41, 5.74) is 0.867. The molecule has 60 heavy (non-hydrogen) atoms. The maximum absolute atomic E-state index is 13.9. The zero-order valence-electron chi connectivity index (χ0n) is 33.0. The van der Waals surface area contributed by atoms with Crippen molar-refractivity contribution in [2.24, 2.45) is 0 Å². The van der Waals surface area contributed by atoms with Gasteiger partial charge in [0.25, 0.3) is 15.7 Å². The number of benzene rings is 6. The summed E-state index contributed by atoms with van der Waals surface area (Å²) in [4.78, 5) is 29.0. The largest absolute Gasteiger partial charge is 0.358 e. The molecule has 6 aromatic carbocycles. The molecule has 0 amide bonds. The molecule has 1 aliphatic heterocycles. The lowest BCUT2D eigenvalue weighted by Gasteiger charge is -2.40. The highest BCUT2D eigenvalue weighted by Crippen LogP contribution is 2.47. The van der Waals surface area contributed by atoms with E-state index in [-0.39, 0.29) is 12.2 Å². The highest BCUT2D eigenvalue weighted by atomic mass is 32.2. The van der Waals surface area contributed by atoms with Crippen LogP contribution in [0.3, 0.4) is 0 Å². The lowest BCUT2D eigenvalue weighted by molar-refractivity contribution is -0.123. The molecule has 1 N–H and O–H groups in total. The molecule has 0 unspecified atom stereocenters. The molecule has 0 saturated carbocycles. The molecular weight excluding hydrogens is 777 g/mol. The maximum Gasteiger partial charge on any atom is 0.330 e. The van der Waals surface area contributed by atoms with Crippen LogP contribution in [0, 0.1) is 6.92 Å². The topological polar surface area (TPSA) is 126 Å². The normalized spacial score (nSPS) is 18.3. The third kappa shape index (κ3) is 7.93. The van der Waals surface area contributed by atoms with Crippen molar-refractivity contribution in [2.75, 3.05) is 12.9 Å². The molecule has 0 radical (unpaired) electrons. The van der Waals surface area contributed by atoms with Gasteiger partial charge in [-0.2, -0.15) is 8.42 Å². The maximum atomic E-state index is 13.9. The molecule has 0 bridgehead atoms. The van der Waals surface area contributed by atoms with Gasteiger partial charge in [0.15, 0.2) is 6.23 Å². The van der Waals surface area contributed by atoms with Crippen LogP contribution in [0.25, 0.3) is 0 Å². The van der Waals surface area contributed by atoms with Crippen molar-refractivity contribution in [2.45, 2.75) is 42.7 Å². The van der Waals surface area contributed by atoms with E-state index >= 15 is 0 Å². The second-order valence-corrected chi connectivity index (χ2v) is 16.4. The van der Waals surface area contributed by atoms with Crippen LogP contribution < -0.4 is 11.2 Å². The van der Waals surface area contributed by atoms with Gasteiger partial charge in [-0.1, -0.05) is 182 Å². The third-order valence-corrected chi connectivity index (χ3v) is 11.4. The van der Waals surface area contributed by atoms with Gasteiger partial charge in [-0.05, 0) is 40.3 Å². The van der Waals surface area contributed by atoms with Crippen molar-refractivity contribution in [3.05, 3.63) is 248 Å². The third-order valence-electron chi connectivity index (χ3n) is 10.9. The number of hydrogen-bond acceptors (Lipinski definition) is 8. The van der Waals surface area contributed by atoms with Crippen molar-refractivity contribution in [3.63, 3.8) is 0 Å². The van der Waals surface area contributed by atoms with Gasteiger partial charge in [-0.3, -0.25) is 18.5 Å². The second-order valence-electron chi connectivity index (χ2n) is 14.8. The summed E-state index contributed by atoms with van der Waals surface area (Å²) in [7, 11) is -4.22. The molecule has 1 saturated heterocycles. The molecule has 7 aromatic rings. The monoisotopic (exact) mass is 820 g/mol. The number of hydrogen-bond donors (Lipinski definition) is 1. The van der Waals surface area contributed by atoms with Gasteiger partial charge in [0.2, 0.25) is 0 Å². The van der Waals surface area contributed by atoms with Crippen molar-refractivity contribution in [1.82, 2.24) is 9.55 Å². The predicted octanol–water partition coefficient (Wildman–Crippen LogP) is 7.47. The number of rotatable bonds is 14. The van der Waals surface area contributed by atoms with E-state index in [1.54, 1.807) is 6.92 Å². The molecule has 2 heterocycles. The Hall–Kier alpha value is -6.21. The van der Waals surface area contributed by atoms with Gasteiger partial charge in [0.05, 0.1) is 12.9 Å². The van der Waals surface area contributed by atoms with Crippen LogP contribution >= 0.6 is 0 Å². The Kier molecular flexibility index (Phi) is 11.6. The molecular formula is C49H44N2O8S. The average molecular weight is 821 g/mol. The van der Waals surface area contributed by atoms with Gasteiger partial charge in [-0.25, -0.2) is 4.79 Å². The van der Waals surface area contributed by atoms with E-state index in [0.29, 0.717) is 0 Å². The van der Waals surface area contributed by atoms with Crippen LogP contribution in [0.2, 0.25) is 0 Å². The average Bonchev–Trinajstić information content (AvgIpc) is 3.60. The Labute approximate surface area is 348 Å². The van der Waals surface area contributed by atoms with Crippen LogP contribution in [-0.4, -0.2) is 49.1 Å². The summed E-state index contributed by atoms with van der Waals surface area (Å²) < 4.78 is 55.7. The Morgan fingerprint density at radius 3 is 1.32 bits per heavy atom. The lowest BCUT2D eigenvalue weighted by atomic mass is 9.79. The first-order chi connectivity index (χ1) is 29.1. The number of H-pyrrole nitrogens is 1. The quantitative estimate of drug-likeness (QED) is 0.0886. The first kappa shape index (κ1) is 40.6. The predicted molar refractivity (Wildman–Crippen MR) is 229 cm³/mol. The number of ether oxygens (including phenoxy) is 3. The number of nitrogens with one attached hydrogen (secondary N) is 1. The van der Waals surface area contributed by atoms with Crippen molar-refractivity contribution in [3.8, 4) is 0 Å². The molecule has 4 atom stereocenters. The van der Waals surface area contributed by atoms with E-state index in [1.165, 1.54) is 10.8 Å². The minimum Gasteiger partial charge on any atom is -0.358 e. The van der Waals surface area contributed by atoms with Gasteiger partial charge in [0.1, 0.15) is 29.5 Å². The van der Waals surface area contributed by atoms with E-state index < -0.39 is 57.1 Å². The Morgan fingerprint density at radius 2 is 0.950 bits per heavy atom. The molecule has 0 spiro atoms. The fourth-order valence-corrected chi connectivity index (χ4v) is 8.82. The number of aryl methyl sites for hydroxylation is 1. The summed E-state index contributed by atoms with van der Waals surface area (Å²) in [6, 6.07) is 57.9. The molecule has 1 fully saturated rings. The zero-order valence-corrected chi connectivity index (χ0v) is 33.9. The van der Waals surface area contributed by atoms with E-state index in [1.807, 2.05) is 182 Å². The summed E-state index contributed by atoms with van der Waals surface area (Å²) in [5, 5.41) is 0. The number of aromatic nitrogens is 2. The smallest absolute Gasteiger partial charge is 0.330 e. The van der Waals surface area contributed by atoms with Gasteiger partial charge in [0, 0.05) is 11.8 Å². The Bertz CT molecular complexity index is 2540. The van der Waals surface area contributed by atoms with Gasteiger partial charge < -0.3 is 14.2 Å². The van der Waals surface area contributed by atoms with E-state index in [2.05, 4.69) is 4.98 Å². The molecule has 0 aliphatic carbocycles. The fraction of sp³-hybridized carbons (Fsp3) is 0.184. The molecule has 8 rings (SSSR count). The minimum absolute atomic E-state index is 0.230. The lowest BCUT2D eigenvalue weighted by Crippen LogP contribution is -2.47.